The first kappa shape index (κ1) is 5.50. The van der Waals surface area contributed by atoms with Crippen molar-refractivity contribution in [1.82, 2.24) is 0 Å². The molecule has 2 rings (SSSR count). The lowest BCUT2D eigenvalue weighted by Gasteiger charge is -1.78. The highest BCUT2D eigenvalue weighted by molar-refractivity contribution is 8.14. The molecule has 0 N–H and O–H groups in total. The summed E-state index contributed by atoms with van der Waals surface area (Å²) in [7, 11) is 0. The number of thioether (sulfide) groups is 1. The van der Waals surface area contributed by atoms with Crippen LogP contribution in [0.1, 0.15) is 15.9 Å². The standard InChI is InChI=1S/C6H4OS2/c7-6-5-3-8-1-4(5)2-9-6/h1,3H,2H2. The Balaban J connectivity index is 2.61. The Hall–Kier alpha value is -0.280. The van der Waals surface area contributed by atoms with Crippen LogP contribution in [0, 0.1) is 0 Å². The molecule has 9 heavy (non-hydrogen) atoms. The minimum absolute atomic E-state index is 0.242. The Labute approximate surface area is 61.1 Å². The third kappa shape index (κ3) is 0.721. The average Bonchev–Trinajstić information content (AvgIpc) is 2.35. The van der Waals surface area contributed by atoms with E-state index in [1.807, 2.05) is 10.8 Å². The molecule has 0 radical (unpaired) electrons. The quantitative estimate of drug-likeness (QED) is 0.572. The van der Waals surface area contributed by atoms with Gasteiger partial charge in [0.15, 0.2) is 0 Å². The van der Waals surface area contributed by atoms with Crippen LogP contribution in [-0.2, 0) is 5.75 Å². The Morgan fingerprint density at radius 1 is 1.44 bits per heavy atom. The Kier molecular flexibility index (Phi) is 1.13. The van der Waals surface area contributed by atoms with Gasteiger partial charge in [0.25, 0.3) is 0 Å². The van der Waals surface area contributed by atoms with E-state index in [0.717, 1.165) is 11.3 Å². The molecule has 0 fully saturated rings. The van der Waals surface area contributed by atoms with Gasteiger partial charge in [0, 0.05) is 16.7 Å². The maximum absolute atomic E-state index is 10.9. The minimum Gasteiger partial charge on any atom is -0.282 e. The van der Waals surface area contributed by atoms with Crippen molar-refractivity contribution < 1.29 is 4.79 Å². The van der Waals surface area contributed by atoms with Crippen molar-refractivity contribution in [3.8, 4) is 0 Å². The molecule has 1 aromatic heterocycles. The molecule has 2 heterocycles. The summed E-state index contributed by atoms with van der Waals surface area (Å²) in [6.45, 7) is 0. The van der Waals surface area contributed by atoms with E-state index in [1.165, 1.54) is 17.3 Å². The van der Waals surface area contributed by atoms with E-state index in [1.54, 1.807) is 11.3 Å². The van der Waals surface area contributed by atoms with Gasteiger partial charge in [0.05, 0.1) is 0 Å². The first-order valence-electron chi connectivity index (χ1n) is 2.60. The maximum Gasteiger partial charge on any atom is 0.220 e. The number of hydrogen-bond acceptors (Lipinski definition) is 3. The van der Waals surface area contributed by atoms with Crippen LogP contribution in [-0.4, -0.2) is 5.12 Å². The number of carbonyl (C=O) groups excluding carboxylic acids is 1. The van der Waals surface area contributed by atoms with Crippen LogP contribution >= 0.6 is 23.1 Å². The summed E-state index contributed by atoms with van der Waals surface area (Å²) in [4.78, 5) is 10.9. The minimum atomic E-state index is 0.242. The number of fused-ring (bicyclic) bond motifs is 1. The second-order valence-electron chi connectivity index (χ2n) is 1.89. The molecule has 1 nitrogen and oxygen atoms in total. The lowest BCUT2D eigenvalue weighted by molar-refractivity contribution is 0.109. The Morgan fingerprint density at radius 2 is 2.33 bits per heavy atom. The van der Waals surface area contributed by atoms with Gasteiger partial charge in [0.2, 0.25) is 5.12 Å². The van der Waals surface area contributed by atoms with E-state index in [2.05, 4.69) is 0 Å². The first-order chi connectivity index (χ1) is 4.38. The molecule has 0 saturated heterocycles. The highest BCUT2D eigenvalue weighted by Gasteiger charge is 2.19. The van der Waals surface area contributed by atoms with E-state index in [9.17, 15) is 4.79 Å². The highest BCUT2D eigenvalue weighted by Crippen LogP contribution is 2.31. The van der Waals surface area contributed by atoms with Crippen molar-refractivity contribution in [3.63, 3.8) is 0 Å². The van der Waals surface area contributed by atoms with Crippen LogP contribution in [0.15, 0.2) is 10.8 Å². The second-order valence-corrected chi connectivity index (χ2v) is 3.58. The number of hydrogen-bond donors (Lipinski definition) is 0. The van der Waals surface area contributed by atoms with Crippen LogP contribution in [0.4, 0.5) is 0 Å². The smallest absolute Gasteiger partial charge is 0.220 e. The van der Waals surface area contributed by atoms with Gasteiger partial charge in [-0.25, -0.2) is 0 Å². The Morgan fingerprint density at radius 3 is 3.11 bits per heavy atom. The van der Waals surface area contributed by atoms with Crippen LogP contribution in [0.5, 0.6) is 0 Å². The largest absolute Gasteiger partial charge is 0.282 e. The average molecular weight is 156 g/mol. The van der Waals surface area contributed by atoms with Gasteiger partial charge in [-0.2, -0.15) is 11.3 Å². The molecule has 0 amide bonds. The van der Waals surface area contributed by atoms with Crippen molar-refractivity contribution in [2.75, 3.05) is 0 Å². The SMILES string of the molecule is O=C1SCc2cscc21. The van der Waals surface area contributed by atoms with Gasteiger partial charge in [-0.1, -0.05) is 11.8 Å². The third-order valence-corrected chi connectivity index (χ3v) is 3.05. The molecule has 0 saturated carbocycles. The normalized spacial score (nSPS) is 16.2. The van der Waals surface area contributed by atoms with Crippen LogP contribution in [0.25, 0.3) is 0 Å². The lowest BCUT2D eigenvalue weighted by atomic mass is 10.2. The summed E-state index contributed by atoms with van der Waals surface area (Å²) < 4.78 is 0. The molecule has 0 spiro atoms. The van der Waals surface area contributed by atoms with Gasteiger partial charge in [-0.05, 0) is 10.9 Å². The monoisotopic (exact) mass is 156 g/mol. The number of rotatable bonds is 0. The number of thiophene rings is 1. The summed E-state index contributed by atoms with van der Waals surface area (Å²) in [6, 6.07) is 0. The second kappa shape index (κ2) is 1.85. The van der Waals surface area contributed by atoms with Crippen LogP contribution in [0.2, 0.25) is 0 Å². The molecule has 1 aliphatic heterocycles. The van der Waals surface area contributed by atoms with Gasteiger partial charge < -0.3 is 0 Å². The molecule has 46 valence electrons. The van der Waals surface area contributed by atoms with Crippen molar-refractivity contribution in [2.24, 2.45) is 0 Å². The van der Waals surface area contributed by atoms with E-state index in [4.69, 9.17) is 0 Å². The summed E-state index contributed by atoms with van der Waals surface area (Å²) in [5.41, 5.74) is 2.15. The molecule has 0 bridgehead atoms. The number of carbonyl (C=O) groups is 1. The van der Waals surface area contributed by atoms with E-state index in [-0.39, 0.29) is 5.12 Å². The van der Waals surface area contributed by atoms with E-state index >= 15 is 0 Å². The third-order valence-electron chi connectivity index (χ3n) is 1.32. The summed E-state index contributed by atoms with van der Waals surface area (Å²) in [5, 5.41) is 4.22. The zero-order valence-electron chi connectivity index (χ0n) is 4.59. The van der Waals surface area contributed by atoms with Crippen LogP contribution < -0.4 is 0 Å². The molecular formula is C6H4OS2. The zero-order chi connectivity index (χ0) is 6.27. The molecule has 1 aromatic rings. The molecule has 1 aliphatic rings. The summed E-state index contributed by atoms with van der Waals surface area (Å²) in [5.74, 6) is 0.887. The summed E-state index contributed by atoms with van der Waals surface area (Å²) >= 11 is 3.01. The predicted molar refractivity (Wildman–Crippen MR) is 39.9 cm³/mol. The zero-order valence-corrected chi connectivity index (χ0v) is 6.22. The molecule has 0 aliphatic carbocycles. The van der Waals surface area contributed by atoms with Crippen molar-refractivity contribution in [2.45, 2.75) is 5.75 Å². The predicted octanol–water partition coefficient (Wildman–Crippen LogP) is 2.14. The first-order valence-corrected chi connectivity index (χ1v) is 4.53. The van der Waals surface area contributed by atoms with Gasteiger partial charge in [-0.15, -0.1) is 0 Å². The maximum atomic E-state index is 10.9. The summed E-state index contributed by atoms with van der Waals surface area (Å²) in [6.07, 6.45) is 0. The van der Waals surface area contributed by atoms with Gasteiger partial charge in [0.1, 0.15) is 0 Å². The Bertz CT molecular complexity index is 251. The molecule has 0 atom stereocenters. The fourth-order valence-corrected chi connectivity index (χ4v) is 2.72. The topological polar surface area (TPSA) is 17.1 Å². The lowest BCUT2D eigenvalue weighted by Crippen LogP contribution is -1.80. The van der Waals surface area contributed by atoms with E-state index in [0.29, 0.717) is 0 Å². The van der Waals surface area contributed by atoms with Crippen molar-refractivity contribution >= 4 is 28.2 Å². The van der Waals surface area contributed by atoms with Crippen molar-refractivity contribution in [3.05, 3.63) is 21.9 Å². The van der Waals surface area contributed by atoms with Crippen LogP contribution in [0.3, 0.4) is 0 Å². The fraction of sp³-hybridized carbons (Fsp3) is 0.167. The van der Waals surface area contributed by atoms with Gasteiger partial charge in [-0.3, -0.25) is 4.79 Å². The van der Waals surface area contributed by atoms with Crippen molar-refractivity contribution in [1.29, 1.82) is 0 Å². The molecule has 0 aromatic carbocycles. The molecule has 3 heteroatoms. The fourth-order valence-electron chi connectivity index (χ4n) is 0.835. The van der Waals surface area contributed by atoms with Gasteiger partial charge >= 0.3 is 0 Å². The van der Waals surface area contributed by atoms with E-state index < -0.39 is 0 Å². The highest BCUT2D eigenvalue weighted by atomic mass is 32.2. The molecule has 0 unspecified atom stereocenters. The molecular weight excluding hydrogens is 152 g/mol.